The molecule has 0 unspecified atom stereocenters. The maximum atomic E-state index is 13.9. The Bertz CT molecular complexity index is 2480. The van der Waals surface area contributed by atoms with E-state index < -0.39 is 24.3 Å². The van der Waals surface area contributed by atoms with E-state index in [1.54, 1.807) is 0 Å². The van der Waals surface area contributed by atoms with Gasteiger partial charge in [0.15, 0.2) is 0 Å². The molecule has 0 radical (unpaired) electrons. The van der Waals surface area contributed by atoms with Crippen LogP contribution in [0.25, 0.3) is 44.4 Å². The third-order valence-electron chi connectivity index (χ3n) is 13.0. The summed E-state index contributed by atoms with van der Waals surface area (Å²) in [5.41, 5.74) is 5.89. The van der Waals surface area contributed by atoms with E-state index in [9.17, 15) is 19.2 Å². The molecule has 5 aromatic rings. The normalized spacial score (nSPS) is 19.8. The van der Waals surface area contributed by atoms with E-state index in [0.29, 0.717) is 13.1 Å². The highest BCUT2D eigenvalue weighted by atomic mass is 16.5. The molecule has 4 N–H and O–H groups in total. The van der Waals surface area contributed by atoms with Crippen molar-refractivity contribution in [2.24, 2.45) is 22.7 Å². The first-order valence-corrected chi connectivity index (χ1v) is 21.6. The second kappa shape index (κ2) is 16.6. The monoisotopic (exact) mass is 842 g/mol. The molecule has 14 nitrogen and oxygen atoms in total. The van der Waals surface area contributed by atoms with Gasteiger partial charge in [0.25, 0.3) is 0 Å². The van der Waals surface area contributed by atoms with Crippen molar-refractivity contribution in [2.45, 2.75) is 91.4 Å². The predicted molar refractivity (Wildman–Crippen MR) is 236 cm³/mol. The summed E-state index contributed by atoms with van der Waals surface area (Å²) in [5.74, 6) is 0.987. The van der Waals surface area contributed by atoms with E-state index in [4.69, 9.17) is 19.4 Å². The molecule has 4 atom stereocenters. The zero-order valence-corrected chi connectivity index (χ0v) is 36.9. The minimum absolute atomic E-state index is 0.107. The Labute approximate surface area is 362 Å². The Morgan fingerprint density at radius 2 is 1.10 bits per heavy atom. The van der Waals surface area contributed by atoms with Crippen LogP contribution < -0.4 is 10.6 Å². The number of fused-ring (bicyclic) bond motifs is 1. The minimum Gasteiger partial charge on any atom is -0.453 e. The molecule has 3 fully saturated rings. The van der Waals surface area contributed by atoms with Gasteiger partial charge in [0.05, 0.1) is 50.1 Å². The summed E-state index contributed by atoms with van der Waals surface area (Å²) in [7, 11) is 2.60. The van der Waals surface area contributed by atoms with Gasteiger partial charge < -0.3 is 39.9 Å². The van der Waals surface area contributed by atoms with Gasteiger partial charge in [-0.1, -0.05) is 90.1 Å². The van der Waals surface area contributed by atoms with Gasteiger partial charge in [0.1, 0.15) is 23.7 Å². The van der Waals surface area contributed by atoms with Crippen LogP contribution in [-0.2, 0) is 19.1 Å². The Hall–Kier alpha value is -6.18. The maximum Gasteiger partial charge on any atom is 0.407 e. The average Bonchev–Trinajstić information content (AvgIpc) is 3.69. The van der Waals surface area contributed by atoms with Crippen molar-refractivity contribution in [2.75, 3.05) is 27.3 Å². The van der Waals surface area contributed by atoms with Gasteiger partial charge in [-0.05, 0) is 87.9 Å². The van der Waals surface area contributed by atoms with Crippen LogP contribution in [0.2, 0.25) is 0 Å². The number of rotatable bonds is 11. The standard InChI is InChI=1S/C48H58N8O6/c1-27(2)39(53-45(59)61-7)43(57)55-25-47(5,6)21-37(55)41-49-23-35(51-41)30-11-9-29(10-12-30)31-13-14-33-20-34(16-15-32(33)19-31)36-24-50-42(52-36)38-22-48(17-18-48)26-56(38)44(58)40(28(3)4)54-46(60)62-8/h9-16,19-20,23-24,27-28,37-40H,17-18,21-22,25-26H2,1-8H3,(H,49,51)(H,50,52)(H,53,59)(H,54,60)/t37-,38-,39-,40-/m0/s1. The summed E-state index contributed by atoms with van der Waals surface area (Å²) >= 11 is 0. The van der Waals surface area contributed by atoms with Gasteiger partial charge in [-0.2, -0.15) is 0 Å². The fourth-order valence-electron chi connectivity index (χ4n) is 9.31. The number of nitrogens with one attached hydrogen (secondary N) is 4. The molecular formula is C48H58N8O6. The molecule has 14 heteroatoms. The number of aromatic amines is 2. The van der Waals surface area contributed by atoms with Gasteiger partial charge in [-0.15, -0.1) is 0 Å². The highest BCUT2D eigenvalue weighted by molar-refractivity contribution is 5.91. The first kappa shape index (κ1) is 42.5. The van der Waals surface area contributed by atoms with E-state index >= 15 is 0 Å². The largest absolute Gasteiger partial charge is 0.453 e. The second-order valence-corrected chi connectivity index (χ2v) is 19.0. The van der Waals surface area contributed by atoms with Gasteiger partial charge in [-0.3, -0.25) is 9.59 Å². The Morgan fingerprint density at radius 3 is 1.61 bits per heavy atom. The first-order valence-electron chi connectivity index (χ1n) is 21.6. The van der Waals surface area contributed by atoms with E-state index in [0.717, 1.165) is 81.7 Å². The number of nitrogens with zero attached hydrogens (tertiary/aromatic N) is 4. The molecule has 326 valence electrons. The Balaban J connectivity index is 0.964. The molecule has 1 spiro atoms. The number of amides is 4. The lowest BCUT2D eigenvalue weighted by atomic mass is 9.90. The number of carbonyl (C=O) groups excluding carboxylic acids is 4. The molecular weight excluding hydrogens is 785 g/mol. The molecule has 2 saturated heterocycles. The number of ether oxygens (including phenoxy) is 2. The zero-order valence-electron chi connectivity index (χ0n) is 36.9. The Morgan fingerprint density at radius 1 is 0.645 bits per heavy atom. The van der Waals surface area contributed by atoms with Crippen molar-refractivity contribution in [1.29, 1.82) is 0 Å². The summed E-state index contributed by atoms with van der Waals surface area (Å²) in [6, 6.07) is 19.3. The molecule has 62 heavy (non-hydrogen) atoms. The maximum absolute atomic E-state index is 13.9. The van der Waals surface area contributed by atoms with Crippen LogP contribution in [0, 0.1) is 22.7 Å². The molecule has 8 rings (SSSR count). The van der Waals surface area contributed by atoms with E-state index in [1.165, 1.54) is 14.2 Å². The quantitative estimate of drug-likeness (QED) is 0.103. The summed E-state index contributed by atoms with van der Waals surface area (Å²) in [5, 5.41) is 7.68. The van der Waals surface area contributed by atoms with Crippen molar-refractivity contribution in [1.82, 2.24) is 40.4 Å². The van der Waals surface area contributed by atoms with Crippen LogP contribution in [0.3, 0.4) is 0 Å². The fraction of sp³-hybridized carbons (Fsp3) is 0.458. The van der Waals surface area contributed by atoms with Crippen LogP contribution in [0.15, 0.2) is 73.1 Å². The SMILES string of the molecule is COC(=O)N[C@H](C(=O)N1CC(C)(C)C[C@H]1c1ncc(-c2ccc(-c3ccc4cc(-c5cnc([C@@H]6CC7(CC7)CN6C(=O)[C@@H](NC(=O)OC)C(C)C)[nH]5)ccc4c3)cc2)[nH]1)C(C)C. The number of hydrogen-bond acceptors (Lipinski definition) is 8. The molecule has 2 aromatic heterocycles. The zero-order chi connectivity index (χ0) is 44.1. The number of methoxy groups -OCH3 is 2. The molecule has 3 aromatic carbocycles. The number of alkyl carbamates (subject to hydrolysis) is 2. The molecule has 0 bridgehead atoms. The number of likely N-dealkylation sites (tertiary alicyclic amines) is 2. The fourth-order valence-corrected chi connectivity index (χ4v) is 9.31. The number of benzene rings is 3. The summed E-state index contributed by atoms with van der Waals surface area (Å²) in [6.45, 7) is 13.2. The highest BCUT2D eigenvalue weighted by Crippen LogP contribution is 2.58. The predicted octanol–water partition coefficient (Wildman–Crippen LogP) is 8.40. The van der Waals surface area contributed by atoms with Crippen LogP contribution in [0.1, 0.15) is 91.0 Å². The molecule has 4 heterocycles. The third-order valence-corrected chi connectivity index (χ3v) is 13.0. The lowest BCUT2D eigenvalue weighted by Crippen LogP contribution is -2.51. The van der Waals surface area contributed by atoms with Crippen LogP contribution in [0.5, 0.6) is 0 Å². The number of aromatic nitrogens is 4. The smallest absolute Gasteiger partial charge is 0.407 e. The van der Waals surface area contributed by atoms with E-state index in [-0.39, 0.29) is 46.6 Å². The molecule has 3 aliphatic rings. The third kappa shape index (κ3) is 8.51. The van der Waals surface area contributed by atoms with E-state index in [1.807, 2.05) is 49.9 Å². The number of imidazole rings is 2. The average molecular weight is 843 g/mol. The summed E-state index contributed by atoms with van der Waals surface area (Å²) in [6.07, 6.45) is 6.18. The number of carbonyl (C=O) groups is 4. The summed E-state index contributed by atoms with van der Waals surface area (Å²) in [4.78, 5) is 72.4. The van der Waals surface area contributed by atoms with Crippen molar-refractivity contribution >= 4 is 34.8 Å². The lowest BCUT2D eigenvalue weighted by molar-refractivity contribution is -0.136. The van der Waals surface area contributed by atoms with Crippen molar-refractivity contribution < 1.29 is 28.7 Å². The van der Waals surface area contributed by atoms with Crippen LogP contribution >= 0.6 is 0 Å². The van der Waals surface area contributed by atoms with Crippen molar-refractivity contribution in [3.8, 4) is 33.6 Å². The summed E-state index contributed by atoms with van der Waals surface area (Å²) < 4.78 is 9.63. The van der Waals surface area contributed by atoms with Crippen molar-refractivity contribution in [3.05, 3.63) is 84.7 Å². The van der Waals surface area contributed by atoms with Gasteiger partial charge >= 0.3 is 12.2 Å². The molecule has 1 saturated carbocycles. The lowest BCUT2D eigenvalue weighted by Gasteiger charge is -2.30. The molecule has 4 amide bonds. The second-order valence-electron chi connectivity index (χ2n) is 19.0. The number of hydrogen-bond donors (Lipinski definition) is 4. The topological polar surface area (TPSA) is 175 Å². The van der Waals surface area contributed by atoms with Gasteiger partial charge in [-0.25, -0.2) is 19.6 Å². The number of H-pyrrole nitrogens is 2. The highest BCUT2D eigenvalue weighted by Gasteiger charge is 2.55. The first-order chi connectivity index (χ1) is 29.6. The van der Waals surface area contributed by atoms with Crippen LogP contribution in [0.4, 0.5) is 9.59 Å². The Kier molecular flexibility index (Phi) is 11.4. The van der Waals surface area contributed by atoms with Gasteiger partial charge in [0.2, 0.25) is 11.8 Å². The van der Waals surface area contributed by atoms with E-state index in [2.05, 4.69) is 95.1 Å². The van der Waals surface area contributed by atoms with Crippen LogP contribution in [-0.4, -0.2) is 93.1 Å². The molecule has 2 aliphatic heterocycles. The minimum atomic E-state index is -0.714. The molecule has 1 aliphatic carbocycles. The van der Waals surface area contributed by atoms with Gasteiger partial charge in [0, 0.05) is 18.7 Å². The van der Waals surface area contributed by atoms with Crippen molar-refractivity contribution in [3.63, 3.8) is 0 Å².